The molecule has 5 rings (SSSR count). The molecule has 1 N–H and O–H groups in total. The number of ketones is 1. The highest BCUT2D eigenvalue weighted by molar-refractivity contribution is 6.46. The summed E-state index contributed by atoms with van der Waals surface area (Å²) in [5, 5.41) is 14.1. The van der Waals surface area contributed by atoms with Crippen LogP contribution in [0.25, 0.3) is 11.4 Å². The van der Waals surface area contributed by atoms with Crippen LogP contribution < -0.4 is 19.5 Å². The van der Waals surface area contributed by atoms with Crippen molar-refractivity contribution in [1.82, 2.24) is 14.3 Å². The molecular formula is C28H32N4O6. The van der Waals surface area contributed by atoms with Gasteiger partial charge in [0.15, 0.2) is 0 Å². The number of nitrogens with zero attached hydrogens (tertiary/aromatic N) is 3. The quantitative estimate of drug-likeness (QED) is 0.257. The average Bonchev–Trinajstić information content (AvgIpc) is 3.41. The zero-order chi connectivity index (χ0) is 26.8. The van der Waals surface area contributed by atoms with Crippen molar-refractivity contribution in [3.63, 3.8) is 0 Å². The number of methoxy groups -OCH3 is 2. The number of carbonyl (C=O) groups is 2. The number of nitrogens with one attached hydrogen (secondary N) is 1. The lowest BCUT2D eigenvalue weighted by Crippen LogP contribution is -3.14. The van der Waals surface area contributed by atoms with Crippen LogP contribution in [0.3, 0.4) is 0 Å². The number of Topliss-reactive ketones (excluding diaryl/α,β-unsaturated/α-hetero) is 1. The summed E-state index contributed by atoms with van der Waals surface area (Å²) < 4.78 is 18.2. The van der Waals surface area contributed by atoms with Crippen LogP contribution in [0.1, 0.15) is 29.4 Å². The normalized spacial score (nSPS) is 19.9. The van der Waals surface area contributed by atoms with Gasteiger partial charge in [-0.05, 0) is 37.3 Å². The molecule has 2 fully saturated rings. The van der Waals surface area contributed by atoms with E-state index in [2.05, 4.69) is 4.98 Å². The van der Waals surface area contributed by atoms with Crippen molar-refractivity contribution < 1.29 is 33.8 Å². The van der Waals surface area contributed by atoms with Gasteiger partial charge in [0.05, 0.1) is 51.4 Å². The van der Waals surface area contributed by atoms with E-state index >= 15 is 0 Å². The molecule has 2 aromatic heterocycles. The first-order chi connectivity index (χ1) is 18.4. The Morgan fingerprint density at radius 1 is 1.16 bits per heavy atom. The molecule has 3 aromatic rings. The van der Waals surface area contributed by atoms with E-state index < -0.39 is 23.5 Å². The van der Waals surface area contributed by atoms with E-state index in [9.17, 15) is 14.7 Å². The topological polar surface area (TPSA) is 110 Å². The van der Waals surface area contributed by atoms with E-state index in [1.165, 1.54) is 24.0 Å². The summed E-state index contributed by atoms with van der Waals surface area (Å²) in [6, 6.07) is 9.68. The molecule has 1 unspecified atom stereocenters. The number of imidazole rings is 1. The zero-order valence-electron chi connectivity index (χ0n) is 21.9. The molecular weight excluding hydrogens is 488 g/mol. The lowest BCUT2D eigenvalue weighted by molar-refractivity contribution is -0.908. The minimum Gasteiger partial charge on any atom is -0.871 e. The number of carbonyl (C=O) groups excluding carboxylic acids is 2. The number of amides is 1. The number of pyridine rings is 1. The summed E-state index contributed by atoms with van der Waals surface area (Å²) in [6.45, 7) is 6.12. The summed E-state index contributed by atoms with van der Waals surface area (Å²) in [4.78, 5) is 34.4. The van der Waals surface area contributed by atoms with E-state index in [1.807, 2.05) is 6.07 Å². The maximum absolute atomic E-state index is 14.1. The number of aryl methyl sites for hydroxylation is 1. The summed E-state index contributed by atoms with van der Waals surface area (Å²) in [6.07, 6.45) is 2.40. The standard InChI is InChI=1S/C28H32N4O6/c1-18-24(31-11-5-4-7-22(31)29-18)26(33)23-25(20-17-19(36-2)8-9-21(20)37-3)32(28(35)27(23)34)12-6-10-30-13-15-38-16-14-30/h4-5,7-9,11,17,25,33H,6,10,12-16H2,1-3H3. The highest BCUT2D eigenvalue weighted by atomic mass is 16.5. The summed E-state index contributed by atoms with van der Waals surface area (Å²) in [5.74, 6) is -1.01. The fraction of sp³-hybridized carbons (Fsp3) is 0.393. The zero-order valence-corrected chi connectivity index (χ0v) is 21.9. The number of benzene rings is 1. The van der Waals surface area contributed by atoms with Crippen molar-refractivity contribution in [2.75, 3.05) is 53.6 Å². The third-order valence-corrected chi connectivity index (χ3v) is 7.31. The number of ether oxygens (including phenoxy) is 3. The van der Waals surface area contributed by atoms with Crippen molar-refractivity contribution in [3.8, 4) is 11.5 Å². The van der Waals surface area contributed by atoms with Crippen molar-refractivity contribution in [3.05, 3.63) is 65.1 Å². The molecule has 0 radical (unpaired) electrons. The molecule has 0 spiro atoms. The number of hydrogen-bond donors (Lipinski definition) is 1. The lowest BCUT2D eigenvalue weighted by atomic mass is 9.95. The first kappa shape index (κ1) is 25.7. The van der Waals surface area contributed by atoms with Crippen LogP contribution in [0.4, 0.5) is 0 Å². The number of fused-ring (bicyclic) bond motifs is 1. The van der Waals surface area contributed by atoms with Crippen LogP contribution in [0.5, 0.6) is 11.5 Å². The van der Waals surface area contributed by atoms with Gasteiger partial charge in [-0.15, -0.1) is 0 Å². The predicted molar refractivity (Wildman–Crippen MR) is 137 cm³/mol. The SMILES string of the molecule is COc1ccc(OC)c(C2C(=C([O-])c3c(C)nc4ccccn34)C(=O)C(=O)N2CCC[NH+]2CCOCC2)c1. The first-order valence-corrected chi connectivity index (χ1v) is 12.8. The van der Waals surface area contributed by atoms with Gasteiger partial charge in [0.1, 0.15) is 30.2 Å². The summed E-state index contributed by atoms with van der Waals surface area (Å²) >= 11 is 0. The Morgan fingerprint density at radius 2 is 1.95 bits per heavy atom. The van der Waals surface area contributed by atoms with Crippen molar-refractivity contribution >= 4 is 23.1 Å². The van der Waals surface area contributed by atoms with Gasteiger partial charge >= 0.3 is 0 Å². The molecule has 2 aliphatic heterocycles. The Bertz CT molecular complexity index is 1390. The molecule has 0 bridgehead atoms. The predicted octanol–water partition coefficient (Wildman–Crippen LogP) is 0.189. The Hall–Kier alpha value is -3.89. The average molecular weight is 521 g/mol. The third kappa shape index (κ3) is 4.61. The third-order valence-electron chi connectivity index (χ3n) is 7.31. The Morgan fingerprint density at radius 3 is 2.68 bits per heavy atom. The molecule has 0 aliphatic carbocycles. The minimum absolute atomic E-state index is 0.103. The van der Waals surface area contributed by atoms with Gasteiger partial charge in [-0.3, -0.25) is 9.59 Å². The van der Waals surface area contributed by atoms with Crippen LogP contribution >= 0.6 is 0 Å². The van der Waals surface area contributed by atoms with E-state index in [0.717, 1.165) is 19.6 Å². The fourth-order valence-electron chi connectivity index (χ4n) is 5.40. The highest BCUT2D eigenvalue weighted by Crippen LogP contribution is 2.43. The van der Waals surface area contributed by atoms with Gasteiger partial charge in [0.25, 0.3) is 5.91 Å². The Balaban J connectivity index is 1.61. The molecule has 1 amide bonds. The Kier molecular flexibility index (Phi) is 7.35. The summed E-state index contributed by atoms with van der Waals surface area (Å²) in [7, 11) is 3.06. The van der Waals surface area contributed by atoms with Gasteiger partial charge in [0, 0.05) is 30.3 Å². The number of likely N-dealkylation sites (tertiary alicyclic amines) is 1. The van der Waals surface area contributed by atoms with Crippen molar-refractivity contribution in [2.24, 2.45) is 0 Å². The van der Waals surface area contributed by atoms with Gasteiger partial charge in [-0.25, -0.2) is 4.98 Å². The minimum atomic E-state index is -0.916. The molecule has 200 valence electrons. The second-order valence-electron chi connectivity index (χ2n) is 9.52. The van der Waals surface area contributed by atoms with Crippen LogP contribution in [0.2, 0.25) is 0 Å². The lowest BCUT2D eigenvalue weighted by Gasteiger charge is -2.29. The van der Waals surface area contributed by atoms with Crippen LogP contribution in [0.15, 0.2) is 48.2 Å². The monoisotopic (exact) mass is 520 g/mol. The molecule has 4 heterocycles. The smallest absolute Gasteiger partial charge is 0.295 e. The van der Waals surface area contributed by atoms with Gasteiger partial charge in [-0.2, -0.15) is 0 Å². The maximum atomic E-state index is 14.1. The number of hydrogen-bond acceptors (Lipinski definition) is 7. The maximum Gasteiger partial charge on any atom is 0.295 e. The van der Waals surface area contributed by atoms with Crippen molar-refractivity contribution in [2.45, 2.75) is 19.4 Å². The van der Waals surface area contributed by atoms with Crippen LogP contribution in [0, 0.1) is 6.92 Å². The Labute approximate surface area is 221 Å². The molecule has 2 aliphatic rings. The first-order valence-electron chi connectivity index (χ1n) is 12.8. The van der Waals surface area contributed by atoms with E-state index in [-0.39, 0.29) is 11.3 Å². The highest BCUT2D eigenvalue weighted by Gasteiger charge is 2.45. The van der Waals surface area contributed by atoms with Gasteiger partial charge in [0.2, 0.25) is 5.78 Å². The molecule has 0 saturated carbocycles. The fourth-order valence-corrected chi connectivity index (χ4v) is 5.40. The van der Waals surface area contributed by atoms with Gasteiger partial charge in [-0.1, -0.05) is 11.8 Å². The molecule has 10 nitrogen and oxygen atoms in total. The molecule has 38 heavy (non-hydrogen) atoms. The number of rotatable bonds is 8. The molecule has 2 saturated heterocycles. The van der Waals surface area contributed by atoms with Crippen LogP contribution in [-0.4, -0.2) is 79.6 Å². The van der Waals surface area contributed by atoms with Crippen LogP contribution in [-0.2, 0) is 14.3 Å². The van der Waals surface area contributed by atoms with E-state index in [1.54, 1.807) is 47.9 Å². The molecule has 1 atom stereocenters. The number of quaternary nitrogens is 1. The largest absolute Gasteiger partial charge is 0.871 e. The molecule has 1 aromatic carbocycles. The number of aromatic nitrogens is 2. The van der Waals surface area contributed by atoms with Crippen molar-refractivity contribution in [1.29, 1.82) is 0 Å². The summed E-state index contributed by atoms with van der Waals surface area (Å²) in [5.41, 5.74) is 1.77. The van der Waals surface area contributed by atoms with E-state index in [0.29, 0.717) is 54.6 Å². The molecule has 10 heteroatoms. The van der Waals surface area contributed by atoms with E-state index in [4.69, 9.17) is 14.2 Å². The number of morpholine rings is 1. The van der Waals surface area contributed by atoms with Gasteiger partial charge < -0.3 is 33.5 Å². The second-order valence-corrected chi connectivity index (χ2v) is 9.52. The second kappa shape index (κ2) is 10.8.